The molecule has 3 nitrogen and oxygen atoms in total. The maximum Gasteiger partial charge on any atom is 0.303 e. The summed E-state index contributed by atoms with van der Waals surface area (Å²) in [5, 5.41) is 18.0. The molecule has 0 rings (SSSR count). The molecule has 2 N–H and O–H groups in total. The van der Waals surface area contributed by atoms with E-state index in [1.807, 2.05) is 12.2 Å². The first-order chi connectivity index (χ1) is 11.2. The third-order valence-electron chi connectivity index (χ3n) is 3.11. The first kappa shape index (κ1) is 21.2. The zero-order chi connectivity index (χ0) is 17.2. The third-order valence-corrected chi connectivity index (χ3v) is 3.11. The number of aliphatic hydroxyl groups excluding tert-OH is 1. The molecule has 1 atom stereocenters. The van der Waals surface area contributed by atoms with Crippen LogP contribution in [0.4, 0.5) is 0 Å². The zero-order valence-corrected chi connectivity index (χ0v) is 14.2. The summed E-state index contributed by atoms with van der Waals surface area (Å²) in [6.45, 7) is 2.06. The first-order valence-corrected chi connectivity index (χ1v) is 8.47. The molecule has 0 aromatic rings. The van der Waals surface area contributed by atoms with Crippen LogP contribution in [0.1, 0.15) is 64.7 Å². The lowest BCUT2D eigenvalue weighted by Gasteiger charge is -2.01. The monoisotopic (exact) mass is 318 g/mol. The molecule has 3 heteroatoms. The molecular weight excluding hydrogens is 288 g/mol. The molecule has 0 unspecified atom stereocenters. The molecule has 0 aliphatic carbocycles. The number of carbonyl (C=O) groups is 1. The number of hydrogen-bond acceptors (Lipinski definition) is 2. The predicted molar refractivity (Wildman–Crippen MR) is 96.1 cm³/mol. The predicted octanol–water partition coefficient (Wildman–Crippen LogP) is 4.63. The van der Waals surface area contributed by atoms with Crippen LogP contribution in [0.15, 0.2) is 36.5 Å². The molecule has 0 spiro atoms. The van der Waals surface area contributed by atoms with E-state index in [0.29, 0.717) is 12.8 Å². The Hall–Kier alpha value is -1.79. The van der Waals surface area contributed by atoms with E-state index in [-0.39, 0.29) is 12.5 Å². The van der Waals surface area contributed by atoms with Gasteiger partial charge in [-0.1, -0.05) is 55.7 Å². The van der Waals surface area contributed by atoms with Gasteiger partial charge in [-0.2, -0.15) is 0 Å². The number of rotatable bonds is 12. The van der Waals surface area contributed by atoms with Crippen LogP contribution in [-0.2, 0) is 4.79 Å². The van der Waals surface area contributed by atoms with Crippen molar-refractivity contribution in [1.82, 2.24) is 0 Å². The Morgan fingerprint density at radius 1 is 1.04 bits per heavy atom. The zero-order valence-electron chi connectivity index (χ0n) is 14.2. The minimum absolute atomic E-state index is 0.241. The molecular formula is C20H30O3. The maximum atomic E-state index is 10.3. The minimum Gasteiger partial charge on any atom is -0.481 e. The summed E-state index contributed by atoms with van der Waals surface area (Å²) in [5.41, 5.74) is 0. The summed E-state index contributed by atoms with van der Waals surface area (Å²) in [6, 6.07) is 0. The van der Waals surface area contributed by atoms with Gasteiger partial charge >= 0.3 is 5.97 Å². The molecule has 0 saturated carbocycles. The molecule has 0 bridgehead atoms. The van der Waals surface area contributed by atoms with Gasteiger partial charge in [-0.05, 0) is 32.1 Å². The highest BCUT2D eigenvalue weighted by Gasteiger charge is 1.97. The molecule has 0 amide bonds. The highest BCUT2D eigenvalue weighted by Crippen LogP contribution is 2.00. The van der Waals surface area contributed by atoms with Crippen LogP contribution in [0.25, 0.3) is 0 Å². The lowest BCUT2D eigenvalue weighted by atomic mass is 10.1. The summed E-state index contributed by atoms with van der Waals surface area (Å²) in [7, 11) is 0. The minimum atomic E-state index is -0.730. The Morgan fingerprint density at radius 2 is 1.70 bits per heavy atom. The summed E-state index contributed by atoms with van der Waals surface area (Å²) < 4.78 is 0. The Bertz CT molecular complexity index is 436. The highest BCUT2D eigenvalue weighted by atomic mass is 16.4. The van der Waals surface area contributed by atoms with E-state index in [4.69, 9.17) is 5.11 Å². The second kappa shape index (κ2) is 16.6. The van der Waals surface area contributed by atoms with Crippen LogP contribution in [0.2, 0.25) is 0 Å². The lowest BCUT2D eigenvalue weighted by Crippen LogP contribution is -2.03. The van der Waals surface area contributed by atoms with Crippen molar-refractivity contribution in [2.45, 2.75) is 70.8 Å². The SMILES string of the molecule is CCC[C@@H](O)CC#CC/C=C\C/C=C\C/C=C\CCCC(=O)O. The van der Waals surface area contributed by atoms with E-state index in [2.05, 4.69) is 43.1 Å². The first-order valence-electron chi connectivity index (χ1n) is 8.47. The molecule has 0 heterocycles. The van der Waals surface area contributed by atoms with E-state index in [1.165, 1.54) is 0 Å². The number of aliphatic carboxylic acids is 1. The Morgan fingerprint density at radius 3 is 2.35 bits per heavy atom. The molecule has 0 aromatic heterocycles. The third kappa shape index (κ3) is 18.2. The number of hydrogen-bond donors (Lipinski definition) is 2. The van der Waals surface area contributed by atoms with Crippen LogP contribution in [0.3, 0.4) is 0 Å². The van der Waals surface area contributed by atoms with Gasteiger partial charge in [-0.25, -0.2) is 0 Å². The normalized spacial score (nSPS) is 12.8. The van der Waals surface area contributed by atoms with Crippen LogP contribution in [0, 0.1) is 11.8 Å². The maximum absolute atomic E-state index is 10.3. The van der Waals surface area contributed by atoms with Gasteiger partial charge in [0.1, 0.15) is 0 Å². The number of unbranched alkanes of at least 4 members (excludes halogenated alkanes) is 1. The van der Waals surface area contributed by atoms with Crippen LogP contribution >= 0.6 is 0 Å². The molecule has 0 aliphatic rings. The summed E-state index contributed by atoms with van der Waals surface area (Å²) >= 11 is 0. The van der Waals surface area contributed by atoms with Gasteiger partial charge in [0, 0.05) is 19.3 Å². The van der Waals surface area contributed by atoms with E-state index in [0.717, 1.165) is 38.5 Å². The topological polar surface area (TPSA) is 57.5 Å². The molecule has 0 aromatic carbocycles. The standard InChI is InChI=1S/C20H30O3/c1-2-16-19(21)17-14-12-10-8-6-4-3-5-7-9-11-13-15-18-20(22)23/h3,5-6,8-9,11,19,21H,2,4,7,10,13,15-18H2,1H3,(H,22,23)/b5-3-,8-6-,11-9-/t19-/m1/s1. The summed E-state index contributed by atoms with van der Waals surface area (Å²) in [6.07, 6.45) is 18.8. The molecule has 0 radical (unpaired) electrons. The van der Waals surface area contributed by atoms with Crippen molar-refractivity contribution in [3.8, 4) is 11.8 Å². The molecule has 23 heavy (non-hydrogen) atoms. The quantitative estimate of drug-likeness (QED) is 0.313. The van der Waals surface area contributed by atoms with Gasteiger partial charge in [0.15, 0.2) is 0 Å². The molecule has 0 aliphatic heterocycles. The largest absolute Gasteiger partial charge is 0.481 e. The smallest absolute Gasteiger partial charge is 0.303 e. The second-order valence-electron chi connectivity index (χ2n) is 5.38. The van der Waals surface area contributed by atoms with Crippen molar-refractivity contribution in [2.75, 3.05) is 0 Å². The van der Waals surface area contributed by atoms with Crippen LogP contribution < -0.4 is 0 Å². The summed E-state index contributed by atoms with van der Waals surface area (Å²) in [5.74, 6) is 5.31. The van der Waals surface area contributed by atoms with E-state index >= 15 is 0 Å². The fraction of sp³-hybridized carbons (Fsp3) is 0.550. The van der Waals surface area contributed by atoms with Crippen molar-refractivity contribution >= 4 is 5.97 Å². The van der Waals surface area contributed by atoms with Gasteiger partial charge in [-0.15, -0.1) is 5.92 Å². The Kier molecular flexibility index (Phi) is 15.3. The Labute approximate surface area is 140 Å². The fourth-order valence-corrected chi connectivity index (χ4v) is 1.87. The fourth-order valence-electron chi connectivity index (χ4n) is 1.87. The van der Waals surface area contributed by atoms with Crippen molar-refractivity contribution in [1.29, 1.82) is 0 Å². The van der Waals surface area contributed by atoms with E-state index < -0.39 is 5.97 Å². The second-order valence-corrected chi connectivity index (χ2v) is 5.38. The van der Waals surface area contributed by atoms with Crippen LogP contribution in [-0.4, -0.2) is 22.3 Å². The van der Waals surface area contributed by atoms with Crippen LogP contribution in [0.5, 0.6) is 0 Å². The number of aliphatic hydroxyl groups is 1. The van der Waals surface area contributed by atoms with Crippen molar-refractivity contribution in [3.05, 3.63) is 36.5 Å². The Balaban J connectivity index is 3.54. The van der Waals surface area contributed by atoms with Gasteiger partial charge in [0.25, 0.3) is 0 Å². The van der Waals surface area contributed by atoms with Crippen molar-refractivity contribution < 1.29 is 15.0 Å². The highest BCUT2D eigenvalue weighted by molar-refractivity contribution is 5.66. The molecule has 0 fully saturated rings. The number of allylic oxidation sites excluding steroid dienone is 6. The number of carboxylic acids is 1. The summed E-state index contributed by atoms with van der Waals surface area (Å²) in [4.78, 5) is 10.3. The van der Waals surface area contributed by atoms with E-state index in [1.54, 1.807) is 0 Å². The van der Waals surface area contributed by atoms with E-state index in [9.17, 15) is 9.90 Å². The molecule has 0 saturated heterocycles. The average Bonchev–Trinajstić information content (AvgIpc) is 2.51. The average molecular weight is 318 g/mol. The van der Waals surface area contributed by atoms with Crippen molar-refractivity contribution in [2.24, 2.45) is 0 Å². The van der Waals surface area contributed by atoms with Gasteiger partial charge in [0.05, 0.1) is 6.10 Å². The van der Waals surface area contributed by atoms with Crippen molar-refractivity contribution in [3.63, 3.8) is 0 Å². The van der Waals surface area contributed by atoms with Gasteiger partial charge in [0.2, 0.25) is 0 Å². The molecule has 128 valence electrons. The number of carboxylic acid groups (broad SMARTS) is 1. The van der Waals surface area contributed by atoms with Gasteiger partial charge in [-0.3, -0.25) is 4.79 Å². The lowest BCUT2D eigenvalue weighted by molar-refractivity contribution is -0.137. The van der Waals surface area contributed by atoms with Gasteiger partial charge < -0.3 is 10.2 Å².